The molecule has 0 radical (unpaired) electrons. The Balaban J connectivity index is 2.00. The molecule has 0 saturated carbocycles. The second kappa shape index (κ2) is 13.2. The molecule has 0 aliphatic heterocycles. The van der Waals surface area contributed by atoms with Gasteiger partial charge in [-0.2, -0.15) is 0 Å². The molecule has 0 amide bonds. The van der Waals surface area contributed by atoms with Gasteiger partial charge in [-0.15, -0.1) is 0 Å². The van der Waals surface area contributed by atoms with Crippen LogP contribution in [-0.2, 0) is 14.4 Å². The van der Waals surface area contributed by atoms with Gasteiger partial charge in [0.2, 0.25) is 0 Å². The number of hydrogen-bond acceptors (Lipinski definition) is 8. The van der Waals surface area contributed by atoms with Crippen LogP contribution in [0.2, 0.25) is 0 Å². The second-order valence-corrected chi connectivity index (χ2v) is 7.20. The highest BCUT2D eigenvalue weighted by molar-refractivity contribution is 6.02. The van der Waals surface area contributed by atoms with Gasteiger partial charge < -0.3 is 29.5 Å². The first-order chi connectivity index (χ1) is 16.7. The number of aliphatic carboxylic acids is 1. The summed E-state index contributed by atoms with van der Waals surface area (Å²) in [6.07, 6.45) is 6.66. The van der Waals surface area contributed by atoms with Gasteiger partial charge in [0.1, 0.15) is 5.76 Å². The second-order valence-electron chi connectivity index (χ2n) is 7.20. The fraction of sp³-hybridized carbons (Fsp3) is 0.192. The molecule has 0 unspecified atom stereocenters. The average molecular weight is 482 g/mol. The minimum absolute atomic E-state index is 0.0108. The minimum Gasteiger partial charge on any atom is -0.508 e. The summed E-state index contributed by atoms with van der Waals surface area (Å²) in [4.78, 5) is 34.6. The van der Waals surface area contributed by atoms with Crippen LogP contribution in [-0.4, -0.2) is 47.3 Å². The van der Waals surface area contributed by atoms with Crippen LogP contribution >= 0.6 is 0 Å². The van der Waals surface area contributed by atoms with Crippen molar-refractivity contribution in [2.75, 3.05) is 14.2 Å². The molecule has 2 aromatic rings. The summed E-state index contributed by atoms with van der Waals surface area (Å²) in [5, 5.41) is 28.2. The average Bonchev–Trinajstić information content (AvgIpc) is 2.82. The Labute approximate surface area is 202 Å². The maximum Gasteiger partial charge on any atom is 0.311 e. The fourth-order valence-electron chi connectivity index (χ4n) is 2.83. The number of ketones is 1. The highest BCUT2D eigenvalue weighted by atomic mass is 16.6. The number of methoxy groups -OCH3 is 2. The SMILES string of the molecule is COc1cc(/C=C/C(O)=C/C(=O)/C=C/c2ccc(OC(=O)CCCC(=O)O)c(OC)c2)ccc1O. The summed E-state index contributed by atoms with van der Waals surface area (Å²) in [6.45, 7) is 0. The van der Waals surface area contributed by atoms with Crippen molar-refractivity contribution in [3.63, 3.8) is 0 Å². The standard InChI is InChI=1S/C26H26O9/c1-33-23-14-17(8-12-21(23)29)6-10-19(27)16-20(28)11-7-18-9-13-22(24(15-18)34-2)35-26(32)5-3-4-25(30)31/h6-16,27,29H,3-5H2,1-2H3,(H,30,31)/b10-6+,11-7+,19-16-. The molecule has 2 aromatic carbocycles. The smallest absolute Gasteiger partial charge is 0.311 e. The normalized spacial score (nSPS) is 11.5. The molecule has 0 fully saturated rings. The quantitative estimate of drug-likeness (QED) is 0.133. The van der Waals surface area contributed by atoms with E-state index in [1.54, 1.807) is 30.3 Å². The van der Waals surface area contributed by atoms with Crippen molar-refractivity contribution in [3.05, 3.63) is 71.5 Å². The number of allylic oxidation sites excluding steroid dienone is 3. The van der Waals surface area contributed by atoms with E-state index >= 15 is 0 Å². The summed E-state index contributed by atoms with van der Waals surface area (Å²) in [6, 6.07) is 9.31. The van der Waals surface area contributed by atoms with Crippen molar-refractivity contribution in [3.8, 4) is 23.0 Å². The number of benzene rings is 2. The monoisotopic (exact) mass is 482 g/mol. The lowest BCUT2D eigenvalue weighted by atomic mass is 10.1. The number of ether oxygens (including phenoxy) is 3. The lowest BCUT2D eigenvalue weighted by Gasteiger charge is -2.09. The Morgan fingerprint density at radius 3 is 2.11 bits per heavy atom. The van der Waals surface area contributed by atoms with Gasteiger partial charge >= 0.3 is 11.9 Å². The Morgan fingerprint density at radius 2 is 1.46 bits per heavy atom. The van der Waals surface area contributed by atoms with Crippen molar-refractivity contribution < 1.29 is 43.9 Å². The van der Waals surface area contributed by atoms with E-state index in [2.05, 4.69) is 0 Å². The molecule has 0 saturated heterocycles. The highest BCUT2D eigenvalue weighted by Crippen LogP contribution is 2.29. The van der Waals surface area contributed by atoms with Crippen molar-refractivity contribution in [1.29, 1.82) is 0 Å². The van der Waals surface area contributed by atoms with Gasteiger partial charge in [0.15, 0.2) is 28.8 Å². The number of phenols is 1. The minimum atomic E-state index is -0.988. The third kappa shape index (κ3) is 9.09. The van der Waals surface area contributed by atoms with Crippen LogP contribution in [0.15, 0.2) is 60.4 Å². The van der Waals surface area contributed by atoms with Gasteiger partial charge in [-0.05, 0) is 54.0 Å². The van der Waals surface area contributed by atoms with Crippen molar-refractivity contribution in [2.45, 2.75) is 19.3 Å². The largest absolute Gasteiger partial charge is 0.508 e. The summed E-state index contributed by atoms with van der Waals surface area (Å²) in [5.41, 5.74) is 1.23. The molecule has 2 rings (SSSR count). The maximum atomic E-state index is 12.1. The number of carbonyl (C=O) groups excluding carboxylic acids is 2. The van der Waals surface area contributed by atoms with Crippen LogP contribution in [0.5, 0.6) is 23.0 Å². The third-order valence-corrected chi connectivity index (χ3v) is 4.56. The zero-order valence-corrected chi connectivity index (χ0v) is 19.3. The molecule has 9 nitrogen and oxygen atoms in total. The first-order valence-electron chi connectivity index (χ1n) is 10.5. The molecule has 35 heavy (non-hydrogen) atoms. The van der Waals surface area contributed by atoms with Crippen molar-refractivity contribution in [2.24, 2.45) is 0 Å². The molecule has 0 heterocycles. The van der Waals surface area contributed by atoms with Gasteiger partial charge in [0, 0.05) is 18.9 Å². The summed E-state index contributed by atoms with van der Waals surface area (Å²) < 4.78 is 15.5. The number of hydrogen-bond donors (Lipinski definition) is 3. The first kappa shape index (κ1) is 26.7. The molecule has 0 spiro atoms. The van der Waals surface area contributed by atoms with E-state index in [0.29, 0.717) is 11.1 Å². The predicted molar refractivity (Wildman–Crippen MR) is 129 cm³/mol. The van der Waals surface area contributed by atoms with E-state index in [4.69, 9.17) is 19.3 Å². The van der Waals surface area contributed by atoms with Gasteiger partial charge in [-0.25, -0.2) is 0 Å². The summed E-state index contributed by atoms with van der Waals surface area (Å²) in [7, 11) is 2.82. The van der Waals surface area contributed by atoms with Crippen LogP contribution in [0.4, 0.5) is 0 Å². The van der Waals surface area contributed by atoms with E-state index in [9.17, 15) is 24.6 Å². The molecular formula is C26H26O9. The van der Waals surface area contributed by atoms with Crippen LogP contribution in [0.1, 0.15) is 30.4 Å². The van der Waals surface area contributed by atoms with Crippen molar-refractivity contribution in [1.82, 2.24) is 0 Å². The van der Waals surface area contributed by atoms with E-state index in [0.717, 1.165) is 6.08 Å². The molecule has 184 valence electrons. The number of phenolic OH excluding ortho intramolecular Hbond substituents is 1. The van der Waals surface area contributed by atoms with Crippen LogP contribution in [0, 0.1) is 0 Å². The van der Waals surface area contributed by atoms with E-state index in [1.807, 2.05) is 0 Å². The third-order valence-electron chi connectivity index (χ3n) is 4.56. The Kier molecular flexibility index (Phi) is 10.1. The molecule has 3 N–H and O–H groups in total. The molecular weight excluding hydrogens is 456 g/mol. The topological polar surface area (TPSA) is 140 Å². The molecule has 0 aromatic heterocycles. The Bertz CT molecular complexity index is 1160. The fourth-order valence-corrected chi connectivity index (χ4v) is 2.83. The van der Waals surface area contributed by atoms with Crippen LogP contribution in [0.25, 0.3) is 12.2 Å². The molecule has 0 bridgehead atoms. The lowest BCUT2D eigenvalue weighted by Crippen LogP contribution is -2.09. The van der Waals surface area contributed by atoms with Gasteiger partial charge in [0.25, 0.3) is 0 Å². The number of esters is 1. The number of carbonyl (C=O) groups is 3. The zero-order chi connectivity index (χ0) is 25.8. The van der Waals surface area contributed by atoms with Gasteiger partial charge in [-0.3, -0.25) is 14.4 Å². The summed E-state index contributed by atoms with van der Waals surface area (Å²) in [5.74, 6) is -1.60. The molecule has 0 aliphatic rings. The number of carboxylic acids is 1. The van der Waals surface area contributed by atoms with Crippen molar-refractivity contribution >= 4 is 29.9 Å². The van der Waals surface area contributed by atoms with E-state index in [-0.39, 0.29) is 48.0 Å². The maximum absolute atomic E-state index is 12.1. The number of aliphatic hydroxyl groups excluding tert-OH is 1. The van der Waals surface area contributed by atoms with Crippen LogP contribution < -0.4 is 14.2 Å². The molecule has 9 heteroatoms. The van der Waals surface area contributed by atoms with E-state index in [1.165, 1.54) is 44.6 Å². The highest BCUT2D eigenvalue weighted by Gasteiger charge is 2.11. The lowest BCUT2D eigenvalue weighted by molar-refractivity contribution is -0.137. The van der Waals surface area contributed by atoms with Gasteiger partial charge in [-0.1, -0.05) is 24.3 Å². The number of carboxylic acid groups (broad SMARTS) is 1. The molecule has 0 atom stereocenters. The number of aliphatic hydroxyl groups is 1. The van der Waals surface area contributed by atoms with Gasteiger partial charge in [0.05, 0.1) is 14.2 Å². The van der Waals surface area contributed by atoms with E-state index < -0.39 is 17.7 Å². The molecule has 0 aliphatic carbocycles. The summed E-state index contributed by atoms with van der Waals surface area (Å²) >= 11 is 0. The Morgan fingerprint density at radius 1 is 0.829 bits per heavy atom. The first-order valence-corrected chi connectivity index (χ1v) is 10.5. The zero-order valence-electron chi connectivity index (χ0n) is 19.3. The number of rotatable bonds is 12. The Hall–Kier alpha value is -4.53. The van der Waals surface area contributed by atoms with Crippen LogP contribution in [0.3, 0.4) is 0 Å². The predicted octanol–water partition coefficient (Wildman–Crippen LogP) is 4.31. The number of aromatic hydroxyl groups is 1.